The van der Waals surface area contributed by atoms with Crippen molar-refractivity contribution in [1.82, 2.24) is 10.9 Å². The molecule has 3 amide bonds. The summed E-state index contributed by atoms with van der Waals surface area (Å²) in [6.45, 7) is 1.77. The van der Waals surface area contributed by atoms with Gasteiger partial charge < -0.3 is 10.5 Å². The molecule has 9 heteroatoms. The largest absolute Gasteiger partial charge is 0.487 e. The van der Waals surface area contributed by atoms with Gasteiger partial charge >= 0.3 is 11.7 Å². The minimum Gasteiger partial charge on any atom is -0.487 e. The van der Waals surface area contributed by atoms with Crippen LogP contribution in [0.4, 0.5) is 10.5 Å². The summed E-state index contributed by atoms with van der Waals surface area (Å²) in [7, 11) is 0. The lowest BCUT2D eigenvalue weighted by atomic mass is 10.1. The van der Waals surface area contributed by atoms with Crippen molar-refractivity contribution in [2.24, 2.45) is 5.73 Å². The van der Waals surface area contributed by atoms with Crippen LogP contribution in [-0.4, -0.2) is 23.5 Å². The van der Waals surface area contributed by atoms with E-state index in [0.717, 1.165) is 0 Å². The molecule has 0 aliphatic carbocycles. The molecule has 0 aliphatic rings. The molecule has 0 fully saturated rings. The number of amides is 3. The van der Waals surface area contributed by atoms with Gasteiger partial charge in [0, 0.05) is 6.07 Å². The molecule has 0 bridgehead atoms. The Labute approximate surface area is 107 Å². The van der Waals surface area contributed by atoms with E-state index in [-0.39, 0.29) is 23.6 Å². The molecule has 4 N–H and O–H groups in total. The molecule has 0 atom stereocenters. The third-order valence-electron chi connectivity index (χ3n) is 2.02. The highest BCUT2D eigenvalue weighted by atomic mass is 16.6. The van der Waals surface area contributed by atoms with E-state index >= 15 is 0 Å². The standard InChI is InChI=1S/C10H12N4O5/c1-2-19-8-6(9(15)12-13-10(11)16)4-3-5-7(8)14(17)18/h3-5H,2H2,1H3,(H,12,15)(H3,11,13,16). The number of nitro groups is 1. The van der Waals surface area contributed by atoms with Gasteiger partial charge in [0.05, 0.1) is 17.1 Å². The molecule has 0 spiro atoms. The van der Waals surface area contributed by atoms with E-state index in [2.05, 4.69) is 0 Å². The Morgan fingerprint density at radius 1 is 1.42 bits per heavy atom. The average Bonchev–Trinajstić information content (AvgIpc) is 2.36. The van der Waals surface area contributed by atoms with Crippen molar-refractivity contribution in [3.63, 3.8) is 0 Å². The number of para-hydroxylation sites is 1. The van der Waals surface area contributed by atoms with Crippen molar-refractivity contribution in [3.05, 3.63) is 33.9 Å². The fraction of sp³-hybridized carbons (Fsp3) is 0.200. The van der Waals surface area contributed by atoms with Gasteiger partial charge in [-0.2, -0.15) is 0 Å². The maximum Gasteiger partial charge on any atom is 0.330 e. The highest BCUT2D eigenvalue weighted by Crippen LogP contribution is 2.30. The Bertz CT molecular complexity index is 517. The van der Waals surface area contributed by atoms with E-state index in [1.165, 1.54) is 18.2 Å². The third-order valence-corrected chi connectivity index (χ3v) is 2.02. The van der Waals surface area contributed by atoms with Crippen molar-refractivity contribution in [3.8, 4) is 5.75 Å². The summed E-state index contributed by atoms with van der Waals surface area (Å²) in [6, 6.07) is 2.91. The SMILES string of the molecule is CCOc1c(C(=O)NNC(N)=O)cccc1[N+](=O)[O-]. The number of nitrogens with two attached hydrogens (primary N) is 1. The first kappa shape index (κ1) is 14.2. The van der Waals surface area contributed by atoms with Gasteiger partial charge in [0.15, 0.2) is 0 Å². The van der Waals surface area contributed by atoms with Crippen molar-refractivity contribution in [2.45, 2.75) is 6.92 Å². The van der Waals surface area contributed by atoms with Crippen LogP contribution in [0.5, 0.6) is 5.75 Å². The smallest absolute Gasteiger partial charge is 0.330 e. The zero-order valence-corrected chi connectivity index (χ0v) is 10.0. The summed E-state index contributed by atoms with van der Waals surface area (Å²) < 4.78 is 5.11. The van der Waals surface area contributed by atoms with E-state index in [4.69, 9.17) is 10.5 Å². The number of nitrogens with one attached hydrogen (secondary N) is 2. The lowest BCUT2D eigenvalue weighted by Crippen LogP contribution is -2.44. The maximum atomic E-state index is 11.7. The van der Waals surface area contributed by atoms with Gasteiger partial charge in [-0.05, 0) is 13.0 Å². The zero-order valence-electron chi connectivity index (χ0n) is 10.0. The number of nitrogens with zero attached hydrogens (tertiary/aromatic N) is 1. The number of rotatable bonds is 4. The number of benzene rings is 1. The van der Waals surface area contributed by atoms with Gasteiger partial charge in [0.25, 0.3) is 5.91 Å². The molecule has 0 radical (unpaired) electrons. The lowest BCUT2D eigenvalue weighted by molar-refractivity contribution is -0.385. The quantitative estimate of drug-likeness (QED) is 0.533. The summed E-state index contributed by atoms with van der Waals surface area (Å²) in [5.74, 6) is -0.940. The first-order valence-electron chi connectivity index (χ1n) is 5.23. The number of ether oxygens (including phenoxy) is 1. The minimum absolute atomic E-state index is 0.0789. The van der Waals surface area contributed by atoms with E-state index in [9.17, 15) is 19.7 Å². The molecule has 0 unspecified atom stereocenters. The summed E-state index contributed by atoms with van der Waals surface area (Å²) in [5.41, 5.74) is 8.24. The number of carbonyl (C=O) groups is 2. The monoisotopic (exact) mass is 268 g/mol. The van der Waals surface area contributed by atoms with E-state index < -0.39 is 16.9 Å². The summed E-state index contributed by atoms with van der Waals surface area (Å²) in [6.07, 6.45) is 0. The Morgan fingerprint density at radius 3 is 2.63 bits per heavy atom. The van der Waals surface area contributed by atoms with Crippen LogP contribution >= 0.6 is 0 Å². The molecule has 9 nitrogen and oxygen atoms in total. The Kier molecular flexibility index (Phi) is 4.63. The Balaban J connectivity index is 3.11. The molecule has 0 saturated carbocycles. The summed E-state index contributed by atoms with van der Waals surface area (Å²) in [5, 5.41) is 10.8. The van der Waals surface area contributed by atoms with Crippen LogP contribution in [0.1, 0.15) is 17.3 Å². The van der Waals surface area contributed by atoms with Crippen molar-refractivity contribution in [2.75, 3.05) is 6.61 Å². The fourth-order valence-corrected chi connectivity index (χ4v) is 1.33. The second-order valence-electron chi connectivity index (χ2n) is 3.29. The number of carbonyl (C=O) groups excluding carboxylic acids is 2. The number of urea groups is 1. The predicted molar refractivity (Wildman–Crippen MR) is 64.5 cm³/mol. The molecule has 0 heterocycles. The molecule has 0 saturated heterocycles. The van der Waals surface area contributed by atoms with E-state index in [1.807, 2.05) is 10.9 Å². The van der Waals surface area contributed by atoms with Gasteiger partial charge in [0.2, 0.25) is 5.75 Å². The van der Waals surface area contributed by atoms with Gasteiger partial charge in [-0.1, -0.05) is 6.07 Å². The van der Waals surface area contributed by atoms with Crippen LogP contribution in [0.15, 0.2) is 18.2 Å². The van der Waals surface area contributed by atoms with Crippen molar-refractivity contribution >= 4 is 17.6 Å². The zero-order chi connectivity index (χ0) is 14.4. The number of hydrazine groups is 1. The summed E-state index contributed by atoms with van der Waals surface area (Å²) in [4.78, 5) is 32.4. The summed E-state index contributed by atoms with van der Waals surface area (Å²) >= 11 is 0. The Morgan fingerprint density at radius 2 is 2.11 bits per heavy atom. The molecule has 1 rings (SSSR count). The third kappa shape index (κ3) is 3.56. The first-order chi connectivity index (χ1) is 8.97. The van der Waals surface area contributed by atoms with Crippen LogP contribution in [-0.2, 0) is 0 Å². The average molecular weight is 268 g/mol. The number of hydrogen-bond acceptors (Lipinski definition) is 5. The lowest BCUT2D eigenvalue weighted by Gasteiger charge is -2.10. The Hall–Kier alpha value is -2.84. The van der Waals surface area contributed by atoms with Crippen molar-refractivity contribution in [1.29, 1.82) is 0 Å². The topological polar surface area (TPSA) is 137 Å². The van der Waals surface area contributed by atoms with Gasteiger partial charge in [-0.25, -0.2) is 10.2 Å². The number of nitro benzene ring substituents is 1. The molecule has 0 aliphatic heterocycles. The van der Waals surface area contributed by atoms with E-state index in [0.29, 0.717) is 0 Å². The van der Waals surface area contributed by atoms with Crippen LogP contribution in [0, 0.1) is 10.1 Å². The number of primary amides is 1. The van der Waals surface area contributed by atoms with Crippen molar-refractivity contribution < 1.29 is 19.2 Å². The normalized spacial score (nSPS) is 9.53. The molecule has 1 aromatic carbocycles. The number of hydrogen-bond donors (Lipinski definition) is 3. The van der Waals surface area contributed by atoms with Crippen LogP contribution in [0.3, 0.4) is 0 Å². The van der Waals surface area contributed by atoms with Crippen LogP contribution < -0.4 is 21.3 Å². The van der Waals surface area contributed by atoms with Gasteiger partial charge in [-0.3, -0.25) is 20.3 Å². The first-order valence-corrected chi connectivity index (χ1v) is 5.23. The second-order valence-corrected chi connectivity index (χ2v) is 3.29. The molecule has 19 heavy (non-hydrogen) atoms. The molecule has 102 valence electrons. The van der Waals surface area contributed by atoms with Gasteiger partial charge in [0.1, 0.15) is 0 Å². The molecule has 0 aromatic heterocycles. The fourth-order valence-electron chi connectivity index (χ4n) is 1.33. The van der Waals surface area contributed by atoms with Crippen LogP contribution in [0.25, 0.3) is 0 Å². The minimum atomic E-state index is -0.961. The molecular formula is C10H12N4O5. The van der Waals surface area contributed by atoms with E-state index in [1.54, 1.807) is 6.92 Å². The predicted octanol–water partition coefficient (Wildman–Crippen LogP) is 0.307. The second kappa shape index (κ2) is 6.19. The van der Waals surface area contributed by atoms with Gasteiger partial charge in [-0.15, -0.1) is 0 Å². The highest BCUT2D eigenvalue weighted by Gasteiger charge is 2.23. The van der Waals surface area contributed by atoms with Crippen LogP contribution in [0.2, 0.25) is 0 Å². The highest BCUT2D eigenvalue weighted by molar-refractivity contribution is 5.98. The molecular weight excluding hydrogens is 256 g/mol. The molecule has 1 aromatic rings. The maximum absolute atomic E-state index is 11.7.